The largest absolute Gasteiger partial charge is 0.490 e. The van der Waals surface area contributed by atoms with Crippen LogP contribution in [0.4, 0.5) is 0 Å². The maximum absolute atomic E-state index is 5.84. The van der Waals surface area contributed by atoms with Gasteiger partial charge in [-0.2, -0.15) is 0 Å². The zero-order chi connectivity index (χ0) is 12.1. The molecular formula is C15H24O. The molecule has 0 aliphatic rings. The molecule has 0 aliphatic heterocycles. The van der Waals surface area contributed by atoms with E-state index in [9.17, 15) is 0 Å². The third-order valence-corrected chi connectivity index (χ3v) is 2.83. The minimum atomic E-state index is 0.274. The molecule has 0 saturated heterocycles. The zero-order valence-corrected chi connectivity index (χ0v) is 11.2. The average molecular weight is 220 g/mol. The van der Waals surface area contributed by atoms with Gasteiger partial charge in [0, 0.05) is 0 Å². The van der Waals surface area contributed by atoms with Crippen LogP contribution in [0.1, 0.15) is 40.2 Å². The van der Waals surface area contributed by atoms with Gasteiger partial charge in [0.05, 0.1) is 6.10 Å². The van der Waals surface area contributed by atoms with Crippen LogP contribution in [0.15, 0.2) is 24.3 Å². The zero-order valence-electron chi connectivity index (χ0n) is 11.2. The van der Waals surface area contributed by atoms with Crippen LogP contribution in [0, 0.1) is 11.8 Å². The number of hydrogen-bond donors (Lipinski definition) is 0. The second-order valence-electron chi connectivity index (χ2n) is 5.31. The van der Waals surface area contributed by atoms with Crippen LogP contribution in [-0.2, 0) is 6.42 Å². The molecule has 16 heavy (non-hydrogen) atoms. The minimum absolute atomic E-state index is 0.274. The summed E-state index contributed by atoms with van der Waals surface area (Å²) in [6.45, 7) is 11.0. The molecule has 0 spiro atoms. The van der Waals surface area contributed by atoms with Gasteiger partial charge in [0.25, 0.3) is 0 Å². The Hall–Kier alpha value is -0.980. The van der Waals surface area contributed by atoms with Crippen LogP contribution < -0.4 is 4.74 Å². The van der Waals surface area contributed by atoms with Gasteiger partial charge in [0.1, 0.15) is 5.75 Å². The van der Waals surface area contributed by atoms with E-state index < -0.39 is 0 Å². The van der Waals surface area contributed by atoms with Gasteiger partial charge in [-0.15, -0.1) is 0 Å². The van der Waals surface area contributed by atoms with Crippen molar-refractivity contribution in [1.29, 1.82) is 0 Å². The van der Waals surface area contributed by atoms with Crippen molar-refractivity contribution >= 4 is 0 Å². The standard InChI is InChI=1S/C15H24O/c1-11(2)10-14-6-8-15(9-7-14)16-13(5)12(3)4/h6-9,11-13H,10H2,1-5H3/t13-/m0/s1. The van der Waals surface area contributed by atoms with Crippen LogP contribution in [0.5, 0.6) is 5.75 Å². The van der Waals surface area contributed by atoms with Crippen LogP contribution in [-0.4, -0.2) is 6.10 Å². The number of benzene rings is 1. The predicted octanol–water partition coefficient (Wildman–Crippen LogP) is 4.31. The van der Waals surface area contributed by atoms with Gasteiger partial charge in [-0.3, -0.25) is 0 Å². The molecule has 0 radical (unpaired) electrons. The van der Waals surface area contributed by atoms with Gasteiger partial charge in [0.15, 0.2) is 0 Å². The Bertz CT molecular complexity index is 298. The number of rotatable bonds is 5. The van der Waals surface area contributed by atoms with Crippen LogP contribution in [0.2, 0.25) is 0 Å². The molecule has 0 fully saturated rings. The maximum atomic E-state index is 5.84. The lowest BCUT2D eigenvalue weighted by Gasteiger charge is -2.18. The summed E-state index contributed by atoms with van der Waals surface area (Å²) in [6, 6.07) is 8.50. The third-order valence-electron chi connectivity index (χ3n) is 2.83. The highest BCUT2D eigenvalue weighted by molar-refractivity contribution is 5.27. The molecule has 0 N–H and O–H groups in total. The highest BCUT2D eigenvalue weighted by Crippen LogP contribution is 2.18. The summed E-state index contributed by atoms with van der Waals surface area (Å²) in [5.41, 5.74) is 1.39. The van der Waals surface area contributed by atoms with Crippen LogP contribution in [0.3, 0.4) is 0 Å². The summed E-state index contributed by atoms with van der Waals surface area (Å²) in [5, 5.41) is 0. The van der Waals surface area contributed by atoms with E-state index in [1.807, 2.05) is 0 Å². The van der Waals surface area contributed by atoms with Crippen molar-refractivity contribution in [2.45, 2.75) is 47.1 Å². The second kappa shape index (κ2) is 5.93. The van der Waals surface area contributed by atoms with E-state index in [0.717, 1.165) is 12.2 Å². The summed E-state index contributed by atoms with van der Waals surface area (Å²) in [6.07, 6.45) is 1.41. The molecule has 0 heterocycles. The monoisotopic (exact) mass is 220 g/mol. The highest BCUT2D eigenvalue weighted by atomic mass is 16.5. The Morgan fingerprint density at radius 3 is 1.94 bits per heavy atom. The molecule has 0 bridgehead atoms. The van der Waals surface area contributed by atoms with E-state index in [2.05, 4.69) is 58.9 Å². The third kappa shape index (κ3) is 4.26. The molecule has 1 atom stereocenters. The van der Waals surface area contributed by atoms with Gasteiger partial charge in [-0.05, 0) is 42.9 Å². The summed E-state index contributed by atoms with van der Waals surface area (Å²) in [5.74, 6) is 2.24. The molecule has 90 valence electrons. The Kier molecular flexibility index (Phi) is 4.85. The van der Waals surface area contributed by atoms with Crippen LogP contribution in [0.25, 0.3) is 0 Å². The van der Waals surface area contributed by atoms with Gasteiger partial charge < -0.3 is 4.74 Å². The van der Waals surface area contributed by atoms with Gasteiger partial charge in [-0.25, -0.2) is 0 Å². The number of ether oxygens (including phenoxy) is 1. The Morgan fingerprint density at radius 1 is 0.938 bits per heavy atom. The molecule has 1 aromatic rings. The molecule has 1 heteroatoms. The molecule has 0 unspecified atom stereocenters. The first-order chi connectivity index (χ1) is 7.49. The normalized spacial score (nSPS) is 13.2. The van der Waals surface area contributed by atoms with E-state index in [0.29, 0.717) is 11.8 Å². The SMILES string of the molecule is CC(C)Cc1ccc(O[C@@H](C)C(C)C)cc1. The van der Waals surface area contributed by atoms with Crippen molar-refractivity contribution in [2.24, 2.45) is 11.8 Å². The van der Waals surface area contributed by atoms with Crippen molar-refractivity contribution in [2.75, 3.05) is 0 Å². The van der Waals surface area contributed by atoms with Crippen molar-refractivity contribution in [3.05, 3.63) is 29.8 Å². The second-order valence-corrected chi connectivity index (χ2v) is 5.31. The Balaban J connectivity index is 2.57. The number of hydrogen-bond acceptors (Lipinski definition) is 1. The smallest absolute Gasteiger partial charge is 0.119 e. The van der Waals surface area contributed by atoms with Crippen LogP contribution >= 0.6 is 0 Å². The Labute approximate surface area is 99.8 Å². The van der Waals surface area contributed by atoms with Crippen molar-refractivity contribution in [3.63, 3.8) is 0 Å². The summed E-state index contributed by atoms with van der Waals surface area (Å²) in [4.78, 5) is 0. The van der Waals surface area contributed by atoms with E-state index >= 15 is 0 Å². The molecule has 1 nitrogen and oxygen atoms in total. The Morgan fingerprint density at radius 2 is 1.50 bits per heavy atom. The molecule has 0 amide bonds. The van der Waals surface area contributed by atoms with E-state index in [-0.39, 0.29) is 6.10 Å². The topological polar surface area (TPSA) is 9.23 Å². The minimum Gasteiger partial charge on any atom is -0.490 e. The average Bonchev–Trinajstić information content (AvgIpc) is 2.20. The highest BCUT2D eigenvalue weighted by Gasteiger charge is 2.08. The molecule has 1 aromatic carbocycles. The van der Waals surface area contributed by atoms with Gasteiger partial charge >= 0.3 is 0 Å². The molecular weight excluding hydrogens is 196 g/mol. The van der Waals surface area contributed by atoms with Gasteiger partial charge in [-0.1, -0.05) is 39.8 Å². The van der Waals surface area contributed by atoms with Crippen molar-refractivity contribution in [1.82, 2.24) is 0 Å². The molecule has 0 aliphatic carbocycles. The summed E-state index contributed by atoms with van der Waals surface area (Å²) >= 11 is 0. The molecule has 0 saturated carbocycles. The summed E-state index contributed by atoms with van der Waals surface area (Å²) < 4.78 is 5.84. The molecule has 1 rings (SSSR count). The lowest BCUT2D eigenvalue weighted by Crippen LogP contribution is -2.18. The first-order valence-corrected chi connectivity index (χ1v) is 6.24. The predicted molar refractivity (Wildman–Crippen MR) is 69.9 cm³/mol. The van der Waals surface area contributed by atoms with E-state index in [1.54, 1.807) is 0 Å². The van der Waals surface area contributed by atoms with Crippen molar-refractivity contribution < 1.29 is 4.74 Å². The van der Waals surface area contributed by atoms with E-state index in [4.69, 9.17) is 4.74 Å². The fraction of sp³-hybridized carbons (Fsp3) is 0.600. The quantitative estimate of drug-likeness (QED) is 0.718. The van der Waals surface area contributed by atoms with Gasteiger partial charge in [0.2, 0.25) is 0 Å². The lowest BCUT2D eigenvalue weighted by atomic mass is 10.0. The fourth-order valence-corrected chi connectivity index (χ4v) is 1.53. The summed E-state index contributed by atoms with van der Waals surface area (Å²) in [7, 11) is 0. The van der Waals surface area contributed by atoms with Crippen molar-refractivity contribution in [3.8, 4) is 5.75 Å². The first kappa shape index (κ1) is 13.1. The first-order valence-electron chi connectivity index (χ1n) is 6.24. The fourth-order valence-electron chi connectivity index (χ4n) is 1.53. The lowest BCUT2D eigenvalue weighted by molar-refractivity contribution is 0.170. The van der Waals surface area contributed by atoms with E-state index in [1.165, 1.54) is 5.56 Å². The maximum Gasteiger partial charge on any atom is 0.119 e. The molecule has 0 aromatic heterocycles.